The number of anilines is 2. The van der Waals surface area contributed by atoms with Gasteiger partial charge in [-0.3, -0.25) is 4.79 Å². The average molecular weight is 344 g/mol. The van der Waals surface area contributed by atoms with Crippen molar-refractivity contribution in [2.24, 2.45) is 0 Å². The fourth-order valence-corrected chi connectivity index (χ4v) is 2.46. The number of halogens is 1. The molecule has 0 aliphatic heterocycles. The summed E-state index contributed by atoms with van der Waals surface area (Å²) in [4.78, 5) is 23.8. The fourth-order valence-electron chi connectivity index (χ4n) is 2.27. The zero-order valence-corrected chi connectivity index (χ0v) is 14.4. The zero-order valence-electron chi connectivity index (χ0n) is 13.6. The van der Waals surface area contributed by atoms with Crippen LogP contribution in [-0.4, -0.2) is 26.4 Å². The first kappa shape index (κ1) is 16.3. The van der Waals surface area contributed by atoms with Gasteiger partial charge in [0.15, 0.2) is 0 Å². The van der Waals surface area contributed by atoms with Gasteiger partial charge in [0, 0.05) is 16.2 Å². The summed E-state index contributed by atoms with van der Waals surface area (Å²) in [6.07, 6.45) is 1.44. The standard InChI is InChI=1S/C17H18ClN5O/c1-17(2,3)23-16(24)13-8-12-14(19-9-20-15(12)22-13)21-11-6-4-5-10(18)7-11/h4-9H,1-3H3,(H,23,24)(H2,19,20,21,22). The molecule has 0 saturated heterocycles. The Labute approximate surface area is 144 Å². The Balaban J connectivity index is 1.94. The van der Waals surface area contributed by atoms with E-state index in [0.29, 0.717) is 22.2 Å². The molecule has 3 rings (SSSR count). The topological polar surface area (TPSA) is 82.7 Å². The number of hydrogen-bond donors (Lipinski definition) is 3. The van der Waals surface area contributed by atoms with Gasteiger partial charge in [-0.1, -0.05) is 17.7 Å². The average Bonchev–Trinajstić information content (AvgIpc) is 2.91. The summed E-state index contributed by atoms with van der Waals surface area (Å²) in [7, 11) is 0. The van der Waals surface area contributed by atoms with Gasteiger partial charge >= 0.3 is 0 Å². The van der Waals surface area contributed by atoms with Crippen LogP contribution in [0.5, 0.6) is 0 Å². The van der Waals surface area contributed by atoms with Gasteiger partial charge in [-0.05, 0) is 45.0 Å². The van der Waals surface area contributed by atoms with Gasteiger partial charge in [-0.15, -0.1) is 0 Å². The molecule has 3 N–H and O–H groups in total. The van der Waals surface area contributed by atoms with Crippen molar-refractivity contribution in [1.82, 2.24) is 20.3 Å². The van der Waals surface area contributed by atoms with E-state index < -0.39 is 0 Å². The largest absolute Gasteiger partial charge is 0.346 e. The molecule has 24 heavy (non-hydrogen) atoms. The van der Waals surface area contributed by atoms with E-state index >= 15 is 0 Å². The molecule has 0 aliphatic carbocycles. The van der Waals surface area contributed by atoms with Crippen molar-refractivity contribution in [2.45, 2.75) is 26.3 Å². The Hall–Kier alpha value is -2.60. The van der Waals surface area contributed by atoms with Gasteiger partial charge in [0.1, 0.15) is 23.5 Å². The Morgan fingerprint density at radius 3 is 2.71 bits per heavy atom. The van der Waals surface area contributed by atoms with Crippen LogP contribution in [0.4, 0.5) is 11.5 Å². The highest BCUT2D eigenvalue weighted by Crippen LogP contribution is 2.25. The van der Waals surface area contributed by atoms with E-state index in [1.807, 2.05) is 32.9 Å². The van der Waals surface area contributed by atoms with Crippen molar-refractivity contribution in [3.05, 3.63) is 47.4 Å². The molecule has 6 nitrogen and oxygen atoms in total. The van der Waals surface area contributed by atoms with Crippen molar-refractivity contribution in [2.75, 3.05) is 5.32 Å². The minimum absolute atomic E-state index is 0.186. The van der Waals surface area contributed by atoms with Crippen LogP contribution in [0.15, 0.2) is 36.7 Å². The fraction of sp³-hybridized carbons (Fsp3) is 0.235. The lowest BCUT2D eigenvalue weighted by atomic mass is 10.1. The molecule has 3 aromatic rings. The van der Waals surface area contributed by atoms with Crippen molar-refractivity contribution >= 4 is 40.0 Å². The molecule has 7 heteroatoms. The number of H-pyrrole nitrogens is 1. The maximum Gasteiger partial charge on any atom is 0.268 e. The SMILES string of the molecule is CC(C)(C)NC(=O)c1cc2c(Nc3cccc(Cl)c3)ncnc2[nH]1. The quantitative estimate of drug-likeness (QED) is 0.674. The minimum Gasteiger partial charge on any atom is -0.346 e. The predicted octanol–water partition coefficient (Wildman–Crippen LogP) is 3.88. The van der Waals surface area contributed by atoms with E-state index in [4.69, 9.17) is 11.6 Å². The molecule has 0 fully saturated rings. The first-order valence-electron chi connectivity index (χ1n) is 7.51. The summed E-state index contributed by atoms with van der Waals surface area (Å²) in [5.74, 6) is 0.419. The molecule has 1 amide bonds. The number of hydrogen-bond acceptors (Lipinski definition) is 4. The van der Waals surface area contributed by atoms with Gasteiger partial charge in [0.25, 0.3) is 5.91 Å². The summed E-state index contributed by atoms with van der Waals surface area (Å²) in [5, 5.41) is 7.48. The van der Waals surface area contributed by atoms with E-state index in [1.54, 1.807) is 18.2 Å². The zero-order chi connectivity index (χ0) is 17.3. The normalized spacial score (nSPS) is 11.5. The van der Waals surface area contributed by atoms with Gasteiger partial charge in [-0.25, -0.2) is 9.97 Å². The number of aromatic nitrogens is 3. The lowest BCUT2D eigenvalue weighted by molar-refractivity contribution is 0.0915. The minimum atomic E-state index is -0.318. The number of fused-ring (bicyclic) bond motifs is 1. The number of nitrogens with zero attached hydrogens (tertiary/aromatic N) is 2. The number of carbonyl (C=O) groups is 1. The highest BCUT2D eigenvalue weighted by atomic mass is 35.5. The first-order chi connectivity index (χ1) is 11.3. The Morgan fingerprint density at radius 2 is 2.00 bits per heavy atom. The molecule has 0 saturated carbocycles. The summed E-state index contributed by atoms with van der Waals surface area (Å²) < 4.78 is 0. The number of amides is 1. The van der Waals surface area contributed by atoms with Crippen molar-refractivity contribution < 1.29 is 4.79 Å². The van der Waals surface area contributed by atoms with Gasteiger partial charge < -0.3 is 15.6 Å². The molecule has 2 aromatic heterocycles. The number of benzene rings is 1. The second-order valence-electron chi connectivity index (χ2n) is 6.51. The van der Waals surface area contributed by atoms with E-state index in [0.717, 1.165) is 11.1 Å². The monoisotopic (exact) mass is 343 g/mol. The molecule has 1 aromatic carbocycles. The van der Waals surface area contributed by atoms with Crippen LogP contribution in [0, 0.1) is 0 Å². The lowest BCUT2D eigenvalue weighted by Gasteiger charge is -2.19. The third-order valence-electron chi connectivity index (χ3n) is 3.25. The molecule has 0 spiro atoms. The molecule has 124 valence electrons. The summed E-state index contributed by atoms with van der Waals surface area (Å²) >= 11 is 6.00. The maximum atomic E-state index is 12.3. The molecular formula is C17H18ClN5O. The first-order valence-corrected chi connectivity index (χ1v) is 7.88. The smallest absolute Gasteiger partial charge is 0.268 e. The van der Waals surface area contributed by atoms with Crippen molar-refractivity contribution in [3.8, 4) is 0 Å². The van der Waals surface area contributed by atoms with Crippen LogP contribution >= 0.6 is 11.6 Å². The van der Waals surface area contributed by atoms with Gasteiger partial charge in [-0.2, -0.15) is 0 Å². The molecule has 0 unspecified atom stereocenters. The third kappa shape index (κ3) is 3.65. The highest BCUT2D eigenvalue weighted by Gasteiger charge is 2.18. The number of aromatic amines is 1. The number of rotatable bonds is 3. The van der Waals surface area contributed by atoms with E-state index in [2.05, 4.69) is 25.6 Å². The van der Waals surface area contributed by atoms with Crippen molar-refractivity contribution in [1.29, 1.82) is 0 Å². The molecule has 0 radical (unpaired) electrons. The third-order valence-corrected chi connectivity index (χ3v) is 3.48. The van der Waals surface area contributed by atoms with E-state index in [-0.39, 0.29) is 11.4 Å². The number of carbonyl (C=O) groups excluding carboxylic acids is 1. The van der Waals surface area contributed by atoms with Crippen LogP contribution in [-0.2, 0) is 0 Å². The van der Waals surface area contributed by atoms with Crippen LogP contribution in [0.25, 0.3) is 11.0 Å². The second kappa shape index (κ2) is 6.13. The van der Waals surface area contributed by atoms with Crippen LogP contribution in [0.3, 0.4) is 0 Å². The summed E-state index contributed by atoms with van der Waals surface area (Å²) in [6.45, 7) is 5.79. The van der Waals surface area contributed by atoms with E-state index in [1.165, 1.54) is 6.33 Å². The molecule has 0 aliphatic rings. The Bertz CT molecular complexity index is 897. The maximum absolute atomic E-state index is 12.3. The van der Waals surface area contributed by atoms with Crippen LogP contribution < -0.4 is 10.6 Å². The van der Waals surface area contributed by atoms with Crippen LogP contribution in [0.1, 0.15) is 31.3 Å². The Morgan fingerprint density at radius 1 is 1.21 bits per heavy atom. The molecular weight excluding hydrogens is 326 g/mol. The molecule has 0 atom stereocenters. The summed E-state index contributed by atoms with van der Waals surface area (Å²) in [6, 6.07) is 9.08. The van der Waals surface area contributed by atoms with Crippen molar-refractivity contribution in [3.63, 3.8) is 0 Å². The molecule has 2 heterocycles. The van der Waals surface area contributed by atoms with Gasteiger partial charge in [0.05, 0.1) is 5.39 Å². The molecule has 0 bridgehead atoms. The highest BCUT2D eigenvalue weighted by molar-refractivity contribution is 6.30. The second-order valence-corrected chi connectivity index (χ2v) is 6.94. The van der Waals surface area contributed by atoms with Gasteiger partial charge in [0.2, 0.25) is 0 Å². The van der Waals surface area contributed by atoms with E-state index in [9.17, 15) is 4.79 Å². The predicted molar refractivity (Wildman–Crippen MR) is 95.8 cm³/mol. The lowest BCUT2D eigenvalue weighted by Crippen LogP contribution is -2.40. The Kier molecular flexibility index (Phi) is 4.15. The summed E-state index contributed by atoms with van der Waals surface area (Å²) in [5.41, 5.74) is 1.52. The van der Waals surface area contributed by atoms with Crippen LogP contribution in [0.2, 0.25) is 5.02 Å². The number of nitrogens with one attached hydrogen (secondary N) is 3.